The van der Waals surface area contributed by atoms with Crippen LogP contribution in [0.25, 0.3) is 0 Å². The van der Waals surface area contributed by atoms with Crippen molar-refractivity contribution < 1.29 is 14.3 Å². The molecule has 0 spiro atoms. The molecule has 1 saturated heterocycles. The van der Waals surface area contributed by atoms with Crippen molar-refractivity contribution in [1.29, 1.82) is 5.26 Å². The summed E-state index contributed by atoms with van der Waals surface area (Å²) in [5.41, 5.74) is 1.72. The molecule has 3 unspecified atom stereocenters. The van der Waals surface area contributed by atoms with Gasteiger partial charge in [-0.1, -0.05) is 12.1 Å². The van der Waals surface area contributed by atoms with Gasteiger partial charge in [0, 0.05) is 12.5 Å². The van der Waals surface area contributed by atoms with Crippen LogP contribution in [-0.2, 0) is 20.7 Å². The van der Waals surface area contributed by atoms with E-state index < -0.39 is 0 Å². The van der Waals surface area contributed by atoms with Gasteiger partial charge in [-0.05, 0) is 43.4 Å². The van der Waals surface area contributed by atoms with E-state index in [-0.39, 0.29) is 24.2 Å². The maximum atomic E-state index is 12.1. The third-order valence-electron chi connectivity index (χ3n) is 4.57. The number of hydrogen-bond acceptors (Lipinski definition) is 4. The van der Waals surface area contributed by atoms with Crippen LogP contribution >= 0.6 is 0 Å². The summed E-state index contributed by atoms with van der Waals surface area (Å²) < 4.78 is 11.4. The topological polar surface area (TPSA) is 71.4 Å². The highest BCUT2D eigenvalue weighted by Crippen LogP contribution is 2.26. The van der Waals surface area contributed by atoms with E-state index >= 15 is 0 Å². The van der Waals surface area contributed by atoms with E-state index in [1.165, 1.54) is 0 Å². The molecule has 2 aliphatic rings. The van der Waals surface area contributed by atoms with Crippen molar-refractivity contribution in [3.8, 4) is 6.07 Å². The molecule has 1 heterocycles. The summed E-state index contributed by atoms with van der Waals surface area (Å²) in [7, 11) is 0. The molecule has 1 amide bonds. The van der Waals surface area contributed by atoms with E-state index in [4.69, 9.17) is 14.7 Å². The van der Waals surface area contributed by atoms with Crippen LogP contribution in [0.1, 0.15) is 36.8 Å². The number of rotatable bonds is 4. The van der Waals surface area contributed by atoms with Crippen LogP contribution in [0.3, 0.4) is 0 Å². The average Bonchev–Trinajstić information content (AvgIpc) is 2.60. The SMILES string of the molecule is N#Cc1ccc(CCC(=O)NC2CCC3OCCOC3C2)cc1. The Labute approximate surface area is 136 Å². The molecule has 0 aromatic heterocycles. The van der Waals surface area contributed by atoms with E-state index in [1.54, 1.807) is 12.1 Å². The normalized spacial score (nSPS) is 26.8. The maximum Gasteiger partial charge on any atom is 0.220 e. The van der Waals surface area contributed by atoms with Crippen molar-refractivity contribution in [2.24, 2.45) is 0 Å². The molecule has 0 radical (unpaired) electrons. The minimum absolute atomic E-state index is 0.0783. The Balaban J connectivity index is 1.43. The van der Waals surface area contributed by atoms with Crippen LogP contribution in [0.4, 0.5) is 0 Å². The smallest absolute Gasteiger partial charge is 0.220 e. The second kappa shape index (κ2) is 7.58. The number of benzene rings is 1. The zero-order valence-electron chi connectivity index (χ0n) is 13.2. The number of nitrogens with one attached hydrogen (secondary N) is 1. The molecule has 122 valence electrons. The van der Waals surface area contributed by atoms with Gasteiger partial charge in [0.2, 0.25) is 5.91 Å². The first-order valence-corrected chi connectivity index (χ1v) is 8.26. The summed E-state index contributed by atoms with van der Waals surface area (Å²) in [5, 5.41) is 11.9. The van der Waals surface area contributed by atoms with Crippen molar-refractivity contribution >= 4 is 5.91 Å². The van der Waals surface area contributed by atoms with E-state index in [9.17, 15) is 4.79 Å². The molecular weight excluding hydrogens is 292 g/mol. The zero-order valence-corrected chi connectivity index (χ0v) is 13.2. The molecule has 1 aliphatic carbocycles. The molecule has 1 aliphatic heterocycles. The molecule has 3 atom stereocenters. The van der Waals surface area contributed by atoms with Crippen molar-refractivity contribution in [2.45, 2.75) is 50.4 Å². The second-order valence-electron chi connectivity index (χ2n) is 6.20. The molecule has 2 fully saturated rings. The van der Waals surface area contributed by atoms with Crippen LogP contribution in [0.15, 0.2) is 24.3 Å². The number of ether oxygens (including phenoxy) is 2. The molecule has 5 nitrogen and oxygen atoms in total. The van der Waals surface area contributed by atoms with Gasteiger partial charge in [0.1, 0.15) is 0 Å². The second-order valence-corrected chi connectivity index (χ2v) is 6.20. The molecule has 1 saturated carbocycles. The van der Waals surface area contributed by atoms with Crippen LogP contribution in [0.2, 0.25) is 0 Å². The highest BCUT2D eigenvalue weighted by molar-refractivity contribution is 5.76. The van der Waals surface area contributed by atoms with Crippen molar-refractivity contribution in [3.63, 3.8) is 0 Å². The van der Waals surface area contributed by atoms with Gasteiger partial charge in [-0.15, -0.1) is 0 Å². The number of nitrogens with zero attached hydrogens (tertiary/aromatic N) is 1. The van der Waals surface area contributed by atoms with Gasteiger partial charge in [-0.2, -0.15) is 5.26 Å². The number of hydrogen-bond donors (Lipinski definition) is 1. The quantitative estimate of drug-likeness (QED) is 0.922. The summed E-state index contributed by atoms with van der Waals surface area (Å²) >= 11 is 0. The number of amides is 1. The van der Waals surface area contributed by atoms with Gasteiger partial charge in [0.05, 0.1) is 37.1 Å². The van der Waals surface area contributed by atoms with Gasteiger partial charge in [-0.25, -0.2) is 0 Å². The monoisotopic (exact) mass is 314 g/mol. The summed E-state index contributed by atoms with van der Waals surface area (Å²) in [6.45, 7) is 1.34. The lowest BCUT2D eigenvalue weighted by Crippen LogP contribution is -2.49. The fourth-order valence-electron chi connectivity index (χ4n) is 3.30. The van der Waals surface area contributed by atoms with E-state index in [1.807, 2.05) is 12.1 Å². The Morgan fingerprint density at radius 3 is 2.65 bits per heavy atom. The molecule has 3 rings (SSSR count). The zero-order chi connectivity index (χ0) is 16.1. The molecule has 1 aromatic rings. The minimum Gasteiger partial charge on any atom is -0.373 e. The summed E-state index contributed by atoms with van der Waals surface area (Å²) in [6.07, 6.45) is 4.23. The van der Waals surface area contributed by atoms with E-state index in [0.717, 1.165) is 24.8 Å². The molecular formula is C18H22N2O3. The average molecular weight is 314 g/mol. The highest BCUT2D eigenvalue weighted by Gasteiger charge is 2.34. The number of fused-ring (bicyclic) bond motifs is 1. The predicted octanol–water partition coefficient (Wildman–Crippen LogP) is 1.94. The van der Waals surface area contributed by atoms with Crippen LogP contribution in [0.5, 0.6) is 0 Å². The number of carbonyl (C=O) groups excluding carboxylic acids is 1. The predicted molar refractivity (Wildman–Crippen MR) is 84.7 cm³/mol. The fourth-order valence-corrected chi connectivity index (χ4v) is 3.30. The van der Waals surface area contributed by atoms with Gasteiger partial charge in [0.25, 0.3) is 0 Å². The maximum absolute atomic E-state index is 12.1. The van der Waals surface area contributed by atoms with Crippen molar-refractivity contribution in [1.82, 2.24) is 5.32 Å². The third kappa shape index (κ3) is 4.31. The van der Waals surface area contributed by atoms with Gasteiger partial charge >= 0.3 is 0 Å². The lowest BCUT2D eigenvalue weighted by atomic mass is 9.89. The molecule has 0 bridgehead atoms. The van der Waals surface area contributed by atoms with Gasteiger partial charge in [0.15, 0.2) is 0 Å². The number of carbonyl (C=O) groups is 1. The molecule has 23 heavy (non-hydrogen) atoms. The Kier molecular flexibility index (Phi) is 5.27. The van der Waals surface area contributed by atoms with Crippen molar-refractivity contribution in [2.75, 3.05) is 13.2 Å². The first kappa shape index (κ1) is 16.0. The molecule has 1 N–H and O–H groups in total. The summed E-state index contributed by atoms with van der Waals surface area (Å²) in [4.78, 5) is 12.1. The summed E-state index contributed by atoms with van der Waals surface area (Å²) in [5.74, 6) is 0.0783. The first-order chi connectivity index (χ1) is 11.2. The van der Waals surface area contributed by atoms with Gasteiger partial charge < -0.3 is 14.8 Å². The van der Waals surface area contributed by atoms with Crippen LogP contribution in [0, 0.1) is 11.3 Å². The van der Waals surface area contributed by atoms with E-state index in [2.05, 4.69) is 11.4 Å². The summed E-state index contributed by atoms with van der Waals surface area (Å²) in [6, 6.07) is 9.67. The molecule has 5 heteroatoms. The third-order valence-corrected chi connectivity index (χ3v) is 4.57. The lowest BCUT2D eigenvalue weighted by Gasteiger charge is -2.39. The number of aryl methyl sites for hydroxylation is 1. The molecule has 1 aromatic carbocycles. The minimum atomic E-state index is 0.0783. The highest BCUT2D eigenvalue weighted by atomic mass is 16.6. The first-order valence-electron chi connectivity index (χ1n) is 8.26. The Bertz CT molecular complexity index is 579. The number of nitriles is 1. The largest absolute Gasteiger partial charge is 0.373 e. The lowest BCUT2D eigenvalue weighted by molar-refractivity contribution is -0.158. The van der Waals surface area contributed by atoms with Crippen molar-refractivity contribution in [3.05, 3.63) is 35.4 Å². The Morgan fingerprint density at radius 2 is 1.91 bits per heavy atom. The Morgan fingerprint density at radius 1 is 1.17 bits per heavy atom. The van der Waals surface area contributed by atoms with E-state index in [0.29, 0.717) is 31.6 Å². The Hall–Kier alpha value is -1.90. The van der Waals surface area contributed by atoms with Gasteiger partial charge in [-0.3, -0.25) is 4.79 Å². The fraction of sp³-hybridized carbons (Fsp3) is 0.556. The van der Waals surface area contributed by atoms with Crippen LogP contribution < -0.4 is 5.32 Å². The van der Waals surface area contributed by atoms with Crippen LogP contribution in [-0.4, -0.2) is 37.4 Å². The standard InChI is InChI=1S/C18H22N2O3/c19-12-14-3-1-13(2-4-14)5-8-18(21)20-15-6-7-16-17(11-15)23-10-9-22-16/h1-4,15-17H,5-11H2,(H,20,21).